The Morgan fingerprint density at radius 2 is 0.727 bits per heavy atom. The van der Waals surface area contributed by atoms with Crippen molar-refractivity contribution < 1.29 is 123 Å². The fourth-order valence-electron chi connectivity index (χ4n) is 16.7. The highest BCUT2D eigenvalue weighted by Gasteiger charge is 2.62. The number of carbonyl (C=O) groups is 4. The van der Waals surface area contributed by atoms with E-state index in [1.807, 2.05) is 250 Å². The number of hydrogen-bond acceptors (Lipinski definition) is 26. The second-order valence-corrected chi connectivity index (χ2v) is 33.3. The van der Waals surface area contributed by atoms with Crippen LogP contribution in [-0.2, 0) is 176 Å². The van der Waals surface area contributed by atoms with E-state index in [-0.39, 0.29) is 91.3 Å². The Morgan fingerprint density at radius 3 is 1.14 bits per heavy atom. The van der Waals surface area contributed by atoms with Crippen molar-refractivity contribution in [2.75, 3.05) is 19.8 Å². The van der Waals surface area contributed by atoms with Crippen molar-refractivity contribution in [2.24, 2.45) is 0 Å². The van der Waals surface area contributed by atoms with Crippen LogP contribution in [0, 0.1) is 0 Å². The SMILES string of the molecule is C=CCO[C@@H]1O[C@@H](C)[C@H](OCc2ccccc2)[C@@H](O[C@H]2O[C@H](COCc3ccccc3)[C@@H](OCc3ccccc3)[C@H](OCc3ccccc3)[C@H]2OCc2ccccc2)[C@H]1O[C@@H]1O[C@@H]2COC(C)(C)O[C@H]2[C@H](O[C@@H]2O[C@@H](C)[C@H](OCc3ccccc3)[C@@H](O[C@@H]3O[C@@H](C)[C@H](OCc4ccccc4)[C@@H](OCc4ccccc4)[C@H]3OC(=O)CCC(C)=O)[C@H]2OC(C)=O)[C@H]1NC(C)=O. The number of nitrogens with one attached hydrogen (secondary N) is 1. The Hall–Kier alpha value is -9.22. The summed E-state index contributed by atoms with van der Waals surface area (Å²) in [4.78, 5) is 56.0. The summed E-state index contributed by atoms with van der Waals surface area (Å²) in [6.45, 7) is 17.3. The van der Waals surface area contributed by atoms with E-state index in [1.165, 1.54) is 20.8 Å². The Morgan fingerprint density at radius 1 is 0.375 bits per heavy atom. The number of ketones is 1. The first kappa shape index (κ1) is 94.9. The third-order valence-corrected chi connectivity index (χ3v) is 23.0. The van der Waals surface area contributed by atoms with Crippen LogP contribution >= 0.6 is 0 Å². The van der Waals surface area contributed by atoms with Crippen molar-refractivity contribution in [2.45, 2.75) is 280 Å². The lowest BCUT2D eigenvalue weighted by atomic mass is 9.93. The molecular weight excluding hydrogens is 1640 g/mol. The molecule has 6 saturated heterocycles. The summed E-state index contributed by atoms with van der Waals surface area (Å²) in [5.74, 6) is -3.70. The van der Waals surface area contributed by atoms with E-state index < -0.39 is 177 Å². The first-order valence-corrected chi connectivity index (χ1v) is 44.0. The Labute approximate surface area is 748 Å². The molecule has 0 spiro atoms. The van der Waals surface area contributed by atoms with E-state index in [2.05, 4.69) is 11.9 Å². The van der Waals surface area contributed by atoms with Gasteiger partial charge in [-0.3, -0.25) is 14.4 Å². The number of esters is 2. The van der Waals surface area contributed by atoms with Crippen molar-refractivity contribution in [3.05, 3.63) is 300 Å². The highest BCUT2D eigenvalue weighted by Crippen LogP contribution is 2.44. The Bertz CT molecular complexity index is 4670. The van der Waals surface area contributed by atoms with Crippen LogP contribution in [0.4, 0.5) is 0 Å². The maximum absolute atomic E-state index is 14.6. The lowest BCUT2D eigenvalue weighted by Crippen LogP contribution is -2.72. The molecule has 27 heteroatoms. The molecule has 0 aromatic heterocycles. The van der Waals surface area contributed by atoms with Crippen LogP contribution in [0.15, 0.2) is 255 Å². The number of rotatable bonds is 42. The number of benzene rings is 8. The van der Waals surface area contributed by atoms with Gasteiger partial charge in [-0.1, -0.05) is 249 Å². The maximum Gasteiger partial charge on any atom is 0.306 e. The van der Waals surface area contributed by atoms with Crippen molar-refractivity contribution in [3.8, 4) is 0 Å². The molecule has 1 amide bonds. The van der Waals surface area contributed by atoms with Crippen molar-refractivity contribution in [3.63, 3.8) is 0 Å². The zero-order chi connectivity index (χ0) is 89.3. The molecule has 0 radical (unpaired) electrons. The topological polar surface area (TPSA) is 283 Å². The van der Waals surface area contributed by atoms with E-state index >= 15 is 0 Å². The minimum absolute atomic E-state index is 0.00836. The quantitative estimate of drug-likeness (QED) is 0.0275. The maximum atomic E-state index is 14.6. The standard InChI is InChI=1S/C101H119NO26/c1-10-53-108-97-94(90(83(66(4)117-97)110-56-72-39-23-13-24-40-72)125-98-92(115-61-77-49-33-18-34-50-77)89(114-60-76-47-31-17-32-48-76)85(112-58-74-43-27-15-28-44-74)78(122-98)62-107-54-70-35-19-11-20-36-70)127-96-81(102-68(6)104)87(86-79(121-96)63-116-101(8,9)128-86)124-100-95(120-69(7)105)91(84(67(5)119-100)111-57-73-41-25-14-26-42-73)126-99-93(123-80(106)52-51-64(2)103)88(113-59-75-45-29-16-30-46-75)82(65(3)118-99)109-55-71-37-21-12-22-38-71/h10-50,65-67,78-79,81-100H,1,51-63H2,2-9H3,(H,102,104)/t65-,66-,67-,78+,79+,81+,82-,83-,84-,85+,86+,87+,88+,89-,90+,91+,92+,93+,94+,95+,96-,97+,98+,99-,100-/m0/s1. The molecule has 1 N–H and O–H groups in total. The summed E-state index contributed by atoms with van der Waals surface area (Å²) in [7, 11) is 0. The molecule has 6 fully saturated rings. The number of ether oxygens (including phenoxy) is 22. The monoisotopic (exact) mass is 1760 g/mol. The van der Waals surface area contributed by atoms with Crippen LogP contribution in [0.1, 0.15) is 113 Å². The predicted molar refractivity (Wildman–Crippen MR) is 465 cm³/mol. The molecule has 6 aliphatic heterocycles. The molecule has 0 bridgehead atoms. The normalized spacial score (nSPS) is 30.4. The zero-order valence-electron chi connectivity index (χ0n) is 73.6. The first-order valence-electron chi connectivity index (χ1n) is 44.0. The molecule has 0 aliphatic carbocycles. The summed E-state index contributed by atoms with van der Waals surface area (Å²) in [5, 5.41) is 3.14. The van der Waals surface area contributed by atoms with Crippen molar-refractivity contribution in [1.82, 2.24) is 5.32 Å². The molecule has 8 aromatic carbocycles. The number of amides is 1. The van der Waals surface area contributed by atoms with Gasteiger partial charge < -0.3 is 114 Å². The molecule has 0 unspecified atom stereocenters. The van der Waals surface area contributed by atoms with Crippen molar-refractivity contribution in [1.29, 1.82) is 0 Å². The van der Waals surface area contributed by atoms with Gasteiger partial charge in [-0.15, -0.1) is 6.58 Å². The van der Waals surface area contributed by atoms with E-state index in [0.717, 1.165) is 44.5 Å². The highest BCUT2D eigenvalue weighted by molar-refractivity contribution is 5.81. The number of fused-ring (bicyclic) bond motifs is 1. The number of hydrogen-bond donors (Lipinski definition) is 1. The second kappa shape index (κ2) is 47.0. The summed E-state index contributed by atoms with van der Waals surface area (Å²) >= 11 is 0. The molecule has 128 heavy (non-hydrogen) atoms. The molecule has 27 nitrogen and oxygen atoms in total. The first-order chi connectivity index (χ1) is 62.3. The molecular formula is C101H119NO26. The average molecular weight is 1760 g/mol. The third-order valence-electron chi connectivity index (χ3n) is 23.0. The fourth-order valence-corrected chi connectivity index (χ4v) is 16.7. The second-order valence-electron chi connectivity index (χ2n) is 33.3. The summed E-state index contributed by atoms with van der Waals surface area (Å²) in [6.07, 6.45) is -28.4. The van der Waals surface area contributed by atoms with Gasteiger partial charge in [-0.2, -0.15) is 0 Å². The summed E-state index contributed by atoms with van der Waals surface area (Å²) < 4.78 is 156. The zero-order valence-corrected chi connectivity index (χ0v) is 73.6. The van der Waals surface area contributed by atoms with Gasteiger partial charge in [-0.25, -0.2) is 0 Å². The van der Waals surface area contributed by atoms with Gasteiger partial charge in [0.25, 0.3) is 0 Å². The number of Topliss-reactive ketones (excluding diaryl/α,β-unsaturated/α-hetero) is 1. The Kier molecular flexibility index (Phi) is 34.9. The van der Waals surface area contributed by atoms with Gasteiger partial charge >= 0.3 is 11.9 Å². The predicted octanol–water partition coefficient (Wildman–Crippen LogP) is 13.6. The summed E-state index contributed by atoms with van der Waals surface area (Å²) in [5.41, 5.74) is 6.76. The van der Waals surface area contributed by atoms with E-state index in [0.29, 0.717) is 0 Å². The van der Waals surface area contributed by atoms with Crippen LogP contribution in [0.25, 0.3) is 0 Å². The molecule has 6 aliphatic rings. The smallest absolute Gasteiger partial charge is 0.306 e. The van der Waals surface area contributed by atoms with Crippen LogP contribution in [-0.4, -0.2) is 203 Å². The van der Waals surface area contributed by atoms with Crippen LogP contribution in [0.5, 0.6) is 0 Å². The van der Waals surface area contributed by atoms with E-state index in [9.17, 15) is 19.2 Å². The van der Waals surface area contributed by atoms with Gasteiger partial charge in [0.1, 0.15) is 97.3 Å². The van der Waals surface area contributed by atoms with Gasteiger partial charge in [0.2, 0.25) is 5.91 Å². The van der Waals surface area contributed by atoms with Gasteiger partial charge in [0, 0.05) is 20.3 Å². The lowest BCUT2D eigenvalue weighted by molar-refractivity contribution is -0.417. The molecule has 14 rings (SSSR count). The van der Waals surface area contributed by atoms with Gasteiger partial charge in [-0.05, 0) is 86.1 Å². The Balaban J connectivity index is 0.862. The molecule has 8 aromatic rings. The summed E-state index contributed by atoms with van der Waals surface area (Å²) in [6, 6.07) is 75.8. The third kappa shape index (κ3) is 26.3. The molecule has 25 atom stereocenters. The largest absolute Gasteiger partial charge is 0.454 e. The van der Waals surface area contributed by atoms with Crippen LogP contribution < -0.4 is 5.32 Å². The van der Waals surface area contributed by atoms with Crippen LogP contribution in [0.3, 0.4) is 0 Å². The fraction of sp³-hybridized carbons (Fsp3) is 0.465. The van der Waals surface area contributed by atoms with Crippen molar-refractivity contribution >= 4 is 23.6 Å². The van der Waals surface area contributed by atoms with E-state index in [4.69, 9.17) is 104 Å². The number of carbonyl (C=O) groups excluding carboxylic acids is 4. The lowest BCUT2D eigenvalue weighted by Gasteiger charge is -2.54. The minimum atomic E-state index is -1.68. The minimum Gasteiger partial charge on any atom is -0.454 e. The molecule has 684 valence electrons. The molecule has 6 heterocycles. The van der Waals surface area contributed by atoms with E-state index in [1.54, 1.807) is 33.8 Å². The van der Waals surface area contributed by atoms with Crippen LogP contribution in [0.2, 0.25) is 0 Å². The highest BCUT2D eigenvalue weighted by atomic mass is 16.8. The van der Waals surface area contributed by atoms with Gasteiger partial charge in [0.05, 0.1) is 97.4 Å². The average Bonchev–Trinajstić information content (AvgIpc) is 0.747. The van der Waals surface area contributed by atoms with Gasteiger partial charge in [0.15, 0.2) is 49.4 Å². The molecule has 0 saturated carbocycles.